The molecule has 5 nitrogen and oxygen atoms in total. The Balaban J connectivity index is 2.33. The van der Waals surface area contributed by atoms with Gasteiger partial charge in [0.1, 0.15) is 6.04 Å². The van der Waals surface area contributed by atoms with Crippen molar-refractivity contribution >= 4 is 11.8 Å². The molecule has 0 bridgehead atoms. The molecule has 4 N–H and O–H groups in total. The van der Waals surface area contributed by atoms with Crippen molar-refractivity contribution in [1.82, 2.24) is 10.6 Å². The van der Waals surface area contributed by atoms with E-state index in [1.54, 1.807) is 6.92 Å². The van der Waals surface area contributed by atoms with E-state index < -0.39 is 6.04 Å². The third-order valence-electron chi connectivity index (χ3n) is 3.84. The zero-order valence-corrected chi connectivity index (χ0v) is 12.3. The minimum atomic E-state index is -0.485. The van der Waals surface area contributed by atoms with Crippen molar-refractivity contribution < 1.29 is 9.59 Å². The van der Waals surface area contributed by atoms with Crippen molar-refractivity contribution in [1.29, 1.82) is 0 Å². The number of rotatable bonds is 7. The summed E-state index contributed by atoms with van der Waals surface area (Å²) < 4.78 is 0. The van der Waals surface area contributed by atoms with E-state index in [4.69, 9.17) is 5.73 Å². The lowest BCUT2D eigenvalue weighted by molar-refractivity contribution is -0.130. The van der Waals surface area contributed by atoms with Gasteiger partial charge in [0.05, 0.1) is 0 Å². The van der Waals surface area contributed by atoms with Crippen LogP contribution >= 0.6 is 0 Å². The number of nitrogens with two attached hydrogens (primary N) is 1. The quantitative estimate of drug-likeness (QED) is 0.638. The first-order chi connectivity index (χ1) is 8.88. The third kappa shape index (κ3) is 4.82. The average molecular weight is 269 g/mol. The lowest BCUT2D eigenvalue weighted by Crippen LogP contribution is -2.48. The molecule has 0 aromatic carbocycles. The number of nitrogens with one attached hydrogen (secondary N) is 2. The zero-order chi connectivity index (χ0) is 14.5. The van der Waals surface area contributed by atoms with Crippen LogP contribution in [0.15, 0.2) is 0 Å². The normalized spacial score (nSPS) is 18.6. The Morgan fingerprint density at radius 2 is 1.89 bits per heavy atom. The predicted molar refractivity (Wildman–Crippen MR) is 75.4 cm³/mol. The molecule has 1 unspecified atom stereocenters. The van der Waals surface area contributed by atoms with Crippen molar-refractivity contribution in [2.24, 2.45) is 17.1 Å². The van der Waals surface area contributed by atoms with Gasteiger partial charge < -0.3 is 16.4 Å². The molecule has 5 heteroatoms. The van der Waals surface area contributed by atoms with Crippen molar-refractivity contribution in [2.75, 3.05) is 13.1 Å². The SMILES string of the molecule is CC(C)CNC(=O)C(C)NC(=O)CC1(CN)CCC1. The van der Waals surface area contributed by atoms with Gasteiger partial charge in [-0.1, -0.05) is 20.3 Å². The van der Waals surface area contributed by atoms with Gasteiger partial charge in [-0.3, -0.25) is 9.59 Å². The van der Waals surface area contributed by atoms with Gasteiger partial charge in [-0.2, -0.15) is 0 Å². The summed E-state index contributed by atoms with van der Waals surface area (Å²) in [6.07, 6.45) is 3.62. The molecular weight excluding hydrogens is 242 g/mol. The van der Waals surface area contributed by atoms with E-state index in [1.165, 1.54) is 0 Å². The van der Waals surface area contributed by atoms with Gasteiger partial charge in [-0.15, -0.1) is 0 Å². The van der Waals surface area contributed by atoms with Crippen LogP contribution in [0.4, 0.5) is 0 Å². The van der Waals surface area contributed by atoms with E-state index in [1.807, 2.05) is 13.8 Å². The Kier molecular flexibility index (Phi) is 5.79. The van der Waals surface area contributed by atoms with Crippen LogP contribution in [0.3, 0.4) is 0 Å². The second-order valence-corrected chi connectivity index (χ2v) is 6.16. The Labute approximate surface area is 115 Å². The van der Waals surface area contributed by atoms with Gasteiger partial charge >= 0.3 is 0 Å². The predicted octanol–water partition coefficient (Wildman–Crippen LogP) is 0.782. The fourth-order valence-electron chi connectivity index (χ4n) is 2.29. The summed E-state index contributed by atoms with van der Waals surface area (Å²) in [5.41, 5.74) is 5.71. The molecule has 0 radical (unpaired) electrons. The standard InChI is InChI=1S/C14H27N3O2/c1-10(2)8-16-13(19)11(3)17-12(18)7-14(9-15)5-4-6-14/h10-11H,4-9,15H2,1-3H3,(H,16,19)(H,17,18). The fraction of sp³-hybridized carbons (Fsp3) is 0.857. The maximum absolute atomic E-state index is 11.9. The number of hydrogen-bond acceptors (Lipinski definition) is 3. The van der Waals surface area contributed by atoms with Crippen LogP contribution in [0.1, 0.15) is 46.5 Å². The minimum absolute atomic E-state index is 0.0157. The van der Waals surface area contributed by atoms with Crippen LogP contribution in [0.2, 0.25) is 0 Å². The van der Waals surface area contributed by atoms with E-state index in [9.17, 15) is 9.59 Å². The second-order valence-electron chi connectivity index (χ2n) is 6.16. The van der Waals surface area contributed by atoms with Crippen LogP contribution < -0.4 is 16.4 Å². The van der Waals surface area contributed by atoms with Crippen LogP contribution in [-0.2, 0) is 9.59 Å². The molecule has 1 aliphatic carbocycles. The Bertz CT molecular complexity index is 319. The van der Waals surface area contributed by atoms with Crippen molar-refractivity contribution in [3.05, 3.63) is 0 Å². The molecule has 1 rings (SSSR count). The van der Waals surface area contributed by atoms with Crippen LogP contribution in [0, 0.1) is 11.3 Å². The van der Waals surface area contributed by atoms with Crippen LogP contribution in [-0.4, -0.2) is 30.9 Å². The molecule has 2 amide bonds. The molecule has 110 valence electrons. The summed E-state index contributed by atoms with van der Waals surface area (Å²) in [5.74, 6) is 0.206. The summed E-state index contributed by atoms with van der Waals surface area (Å²) in [7, 11) is 0. The molecule has 0 aliphatic heterocycles. The van der Waals surface area contributed by atoms with E-state index in [0.29, 0.717) is 25.4 Å². The Morgan fingerprint density at radius 1 is 1.26 bits per heavy atom. The van der Waals surface area contributed by atoms with Crippen molar-refractivity contribution in [2.45, 2.75) is 52.5 Å². The topological polar surface area (TPSA) is 84.2 Å². The monoisotopic (exact) mass is 269 g/mol. The lowest BCUT2D eigenvalue weighted by Gasteiger charge is -2.40. The number of carbonyl (C=O) groups is 2. The molecule has 0 heterocycles. The van der Waals surface area contributed by atoms with Gasteiger partial charge in [0.15, 0.2) is 0 Å². The molecule has 19 heavy (non-hydrogen) atoms. The maximum Gasteiger partial charge on any atom is 0.242 e. The largest absolute Gasteiger partial charge is 0.354 e. The highest BCUT2D eigenvalue weighted by atomic mass is 16.2. The minimum Gasteiger partial charge on any atom is -0.354 e. The molecular formula is C14H27N3O2. The van der Waals surface area contributed by atoms with Crippen molar-refractivity contribution in [3.63, 3.8) is 0 Å². The summed E-state index contributed by atoms with van der Waals surface area (Å²) in [5, 5.41) is 5.57. The first kappa shape index (κ1) is 16.0. The van der Waals surface area contributed by atoms with Gasteiger partial charge in [0.2, 0.25) is 11.8 Å². The Hall–Kier alpha value is -1.10. The summed E-state index contributed by atoms with van der Waals surface area (Å²) in [6, 6.07) is -0.485. The molecule has 0 aromatic heterocycles. The summed E-state index contributed by atoms with van der Waals surface area (Å²) in [6.45, 7) is 6.96. The highest BCUT2D eigenvalue weighted by Gasteiger charge is 2.37. The highest BCUT2D eigenvalue weighted by Crippen LogP contribution is 2.42. The second kappa shape index (κ2) is 6.89. The van der Waals surface area contributed by atoms with Crippen molar-refractivity contribution in [3.8, 4) is 0 Å². The first-order valence-electron chi connectivity index (χ1n) is 7.16. The number of carbonyl (C=O) groups excluding carboxylic acids is 2. The molecule has 0 spiro atoms. The highest BCUT2D eigenvalue weighted by molar-refractivity contribution is 5.87. The molecule has 0 saturated heterocycles. The number of amides is 2. The summed E-state index contributed by atoms with van der Waals surface area (Å²) in [4.78, 5) is 23.7. The van der Waals surface area contributed by atoms with Gasteiger partial charge in [-0.25, -0.2) is 0 Å². The van der Waals surface area contributed by atoms with E-state index >= 15 is 0 Å². The summed E-state index contributed by atoms with van der Waals surface area (Å²) >= 11 is 0. The molecule has 1 atom stereocenters. The molecule has 1 saturated carbocycles. The molecule has 1 fully saturated rings. The van der Waals surface area contributed by atoms with E-state index in [-0.39, 0.29) is 17.2 Å². The van der Waals surface area contributed by atoms with Crippen LogP contribution in [0.25, 0.3) is 0 Å². The smallest absolute Gasteiger partial charge is 0.242 e. The fourth-order valence-corrected chi connectivity index (χ4v) is 2.29. The number of hydrogen-bond donors (Lipinski definition) is 3. The van der Waals surface area contributed by atoms with Gasteiger partial charge in [0, 0.05) is 13.0 Å². The van der Waals surface area contributed by atoms with E-state index in [2.05, 4.69) is 10.6 Å². The average Bonchev–Trinajstić information content (AvgIpc) is 2.30. The zero-order valence-electron chi connectivity index (χ0n) is 12.3. The van der Waals surface area contributed by atoms with Gasteiger partial charge in [0.25, 0.3) is 0 Å². The maximum atomic E-state index is 11.9. The van der Waals surface area contributed by atoms with Crippen LogP contribution in [0.5, 0.6) is 0 Å². The molecule has 0 aromatic rings. The van der Waals surface area contributed by atoms with Gasteiger partial charge in [-0.05, 0) is 37.6 Å². The lowest BCUT2D eigenvalue weighted by atomic mass is 9.66. The Morgan fingerprint density at radius 3 is 2.32 bits per heavy atom. The van der Waals surface area contributed by atoms with E-state index in [0.717, 1.165) is 19.3 Å². The third-order valence-corrected chi connectivity index (χ3v) is 3.84. The first-order valence-corrected chi connectivity index (χ1v) is 7.16. The molecule has 1 aliphatic rings.